The minimum Gasteiger partial charge on any atom is -0.508 e. The van der Waals surface area contributed by atoms with Crippen LogP contribution in [0.4, 0.5) is 4.79 Å². The van der Waals surface area contributed by atoms with Gasteiger partial charge in [0, 0.05) is 29.3 Å². The summed E-state index contributed by atoms with van der Waals surface area (Å²) in [4.78, 5) is 24.7. The van der Waals surface area contributed by atoms with E-state index in [-0.39, 0.29) is 23.0 Å². The average molecular weight is 316 g/mol. The first-order valence-electron chi connectivity index (χ1n) is 7.51. The number of ether oxygens (including phenoxy) is 1. The number of aromatic hydroxyl groups is 1. The van der Waals surface area contributed by atoms with Crippen molar-refractivity contribution in [2.75, 3.05) is 7.11 Å². The first-order valence-corrected chi connectivity index (χ1v) is 7.51. The van der Waals surface area contributed by atoms with Crippen LogP contribution in [0, 0.1) is 5.41 Å². The Kier molecular flexibility index (Phi) is 3.55. The van der Waals surface area contributed by atoms with Gasteiger partial charge in [0.1, 0.15) is 11.5 Å². The molecule has 1 atom stereocenters. The van der Waals surface area contributed by atoms with Crippen molar-refractivity contribution >= 4 is 11.8 Å². The predicted octanol–water partition coefficient (Wildman–Crippen LogP) is 2.40. The highest BCUT2D eigenvalue weighted by molar-refractivity contribution is 6.01. The second-order valence-electron chi connectivity index (χ2n) is 6.79. The van der Waals surface area contributed by atoms with Gasteiger partial charge in [-0.05, 0) is 24.0 Å². The maximum atomic E-state index is 12.7. The van der Waals surface area contributed by atoms with Gasteiger partial charge in [0.15, 0.2) is 5.78 Å². The van der Waals surface area contributed by atoms with Crippen LogP contribution in [0.5, 0.6) is 11.5 Å². The SMILES string of the molecule is COc1cc(O)ccc1[C@H]1NC(=O)NC2=C1C(=O)CC(C)(C)C2. The molecule has 0 saturated heterocycles. The van der Waals surface area contributed by atoms with Crippen molar-refractivity contribution in [1.82, 2.24) is 10.6 Å². The van der Waals surface area contributed by atoms with Gasteiger partial charge in [-0.3, -0.25) is 4.79 Å². The van der Waals surface area contributed by atoms with Crippen molar-refractivity contribution < 1.29 is 19.4 Å². The summed E-state index contributed by atoms with van der Waals surface area (Å²) in [5.41, 5.74) is 1.73. The van der Waals surface area contributed by atoms with Gasteiger partial charge in [0.25, 0.3) is 0 Å². The lowest BCUT2D eigenvalue weighted by molar-refractivity contribution is -0.118. The summed E-state index contributed by atoms with van der Waals surface area (Å²) in [6, 6.07) is 3.75. The van der Waals surface area contributed by atoms with Crippen molar-refractivity contribution in [2.45, 2.75) is 32.7 Å². The van der Waals surface area contributed by atoms with Gasteiger partial charge in [-0.15, -0.1) is 0 Å². The molecule has 122 valence electrons. The number of hydrogen-bond acceptors (Lipinski definition) is 4. The van der Waals surface area contributed by atoms with Crippen LogP contribution < -0.4 is 15.4 Å². The van der Waals surface area contributed by atoms with Crippen LogP contribution in [-0.2, 0) is 4.79 Å². The van der Waals surface area contributed by atoms with Crippen LogP contribution >= 0.6 is 0 Å². The lowest BCUT2D eigenvalue weighted by Gasteiger charge is -2.38. The Bertz CT molecular complexity index is 721. The molecular weight excluding hydrogens is 296 g/mol. The number of urea groups is 1. The summed E-state index contributed by atoms with van der Waals surface area (Å²) in [6.07, 6.45) is 1.07. The molecule has 0 fully saturated rings. The highest BCUT2D eigenvalue weighted by Crippen LogP contribution is 2.43. The van der Waals surface area contributed by atoms with E-state index in [2.05, 4.69) is 10.6 Å². The van der Waals surface area contributed by atoms with Gasteiger partial charge in [0.2, 0.25) is 0 Å². The minimum absolute atomic E-state index is 0.0175. The number of methoxy groups -OCH3 is 1. The van der Waals surface area contributed by atoms with Crippen molar-refractivity contribution in [1.29, 1.82) is 0 Å². The zero-order chi connectivity index (χ0) is 16.8. The van der Waals surface area contributed by atoms with Crippen molar-refractivity contribution in [3.05, 3.63) is 35.0 Å². The molecule has 2 aliphatic rings. The molecule has 0 saturated carbocycles. The Labute approximate surface area is 134 Å². The Hall–Kier alpha value is -2.50. The van der Waals surface area contributed by atoms with Crippen LogP contribution in [0.2, 0.25) is 0 Å². The van der Waals surface area contributed by atoms with Crippen LogP contribution in [-0.4, -0.2) is 24.0 Å². The number of nitrogens with one attached hydrogen (secondary N) is 2. The maximum absolute atomic E-state index is 12.7. The van der Waals surface area contributed by atoms with Crippen LogP contribution in [0.3, 0.4) is 0 Å². The third-order valence-corrected chi connectivity index (χ3v) is 4.28. The predicted molar refractivity (Wildman–Crippen MR) is 84.1 cm³/mol. The largest absolute Gasteiger partial charge is 0.508 e. The summed E-state index contributed by atoms with van der Waals surface area (Å²) >= 11 is 0. The molecule has 2 amide bonds. The van der Waals surface area contributed by atoms with Gasteiger partial charge in [0.05, 0.1) is 13.2 Å². The highest BCUT2D eigenvalue weighted by Gasteiger charge is 2.41. The van der Waals surface area contributed by atoms with Crippen molar-refractivity contribution in [3.8, 4) is 11.5 Å². The number of allylic oxidation sites excluding steroid dienone is 1. The zero-order valence-corrected chi connectivity index (χ0v) is 13.4. The van der Waals surface area contributed by atoms with E-state index in [1.807, 2.05) is 13.8 Å². The fourth-order valence-corrected chi connectivity index (χ4v) is 3.33. The van der Waals surface area contributed by atoms with E-state index in [0.717, 1.165) is 0 Å². The number of ketones is 1. The van der Waals surface area contributed by atoms with E-state index >= 15 is 0 Å². The van der Waals surface area contributed by atoms with E-state index in [1.165, 1.54) is 19.2 Å². The molecule has 1 aromatic carbocycles. The van der Waals surface area contributed by atoms with Crippen LogP contribution in [0.15, 0.2) is 29.5 Å². The maximum Gasteiger partial charge on any atom is 0.319 e. The van der Waals surface area contributed by atoms with E-state index in [4.69, 9.17) is 4.74 Å². The smallest absolute Gasteiger partial charge is 0.319 e. The third-order valence-electron chi connectivity index (χ3n) is 4.28. The summed E-state index contributed by atoms with van der Waals surface area (Å²) in [5.74, 6) is 0.515. The molecule has 0 spiro atoms. The zero-order valence-electron chi connectivity index (χ0n) is 13.4. The summed E-state index contributed by atoms with van der Waals surface area (Å²) in [6.45, 7) is 4.03. The van der Waals surface area contributed by atoms with Gasteiger partial charge < -0.3 is 20.5 Å². The number of amides is 2. The summed E-state index contributed by atoms with van der Waals surface area (Å²) in [5, 5.41) is 15.2. The van der Waals surface area contributed by atoms with E-state index in [1.54, 1.807) is 6.07 Å². The van der Waals surface area contributed by atoms with Crippen molar-refractivity contribution in [2.24, 2.45) is 5.41 Å². The fourth-order valence-electron chi connectivity index (χ4n) is 3.33. The molecule has 0 radical (unpaired) electrons. The first-order chi connectivity index (χ1) is 10.8. The average Bonchev–Trinajstić information content (AvgIpc) is 2.44. The van der Waals surface area contributed by atoms with Crippen LogP contribution in [0.25, 0.3) is 0 Å². The number of rotatable bonds is 2. The highest BCUT2D eigenvalue weighted by atomic mass is 16.5. The van der Waals surface area contributed by atoms with E-state index in [0.29, 0.717) is 35.4 Å². The second kappa shape index (κ2) is 5.30. The second-order valence-corrected chi connectivity index (χ2v) is 6.79. The topological polar surface area (TPSA) is 87.7 Å². The van der Waals surface area contributed by atoms with Gasteiger partial charge >= 0.3 is 6.03 Å². The lowest BCUT2D eigenvalue weighted by Crippen LogP contribution is -2.48. The molecule has 1 aromatic rings. The molecule has 1 aliphatic carbocycles. The molecule has 3 N–H and O–H groups in total. The summed E-state index contributed by atoms with van der Waals surface area (Å²) < 4.78 is 5.30. The molecular formula is C17H20N2O4. The first kappa shape index (κ1) is 15.4. The number of hydrogen-bond donors (Lipinski definition) is 3. The summed E-state index contributed by atoms with van der Waals surface area (Å²) in [7, 11) is 1.49. The molecule has 0 unspecified atom stereocenters. The monoisotopic (exact) mass is 316 g/mol. The standard InChI is InChI=1S/C17H20N2O4/c1-17(2)7-11-14(12(21)8-17)15(19-16(22)18-11)10-5-4-9(20)6-13(10)23-3/h4-6,15,20H,7-8H2,1-3H3,(H2,18,19,22)/t15-/m1/s1. The molecule has 23 heavy (non-hydrogen) atoms. The van der Waals surface area contributed by atoms with Gasteiger partial charge in [-0.25, -0.2) is 4.79 Å². The van der Waals surface area contributed by atoms with Gasteiger partial charge in [-0.2, -0.15) is 0 Å². The Morgan fingerprint density at radius 1 is 1.26 bits per heavy atom. The number of carbonyl (C=O) groups excluding carboxylic acids is 2. The molecule has 0 aromatic heterocycles. The Morgan fingerprint density at radius 2 is 2.00 bits per heavy atom. The number of benzene rings is 1. The van der Waals surface area contributed by atoms with Crippen molar-refractivity contribution in [3.63, 3.8) is 0 Å². The molecule has 0 bridgehead atoms. The Balaban J connectivity index is 2.12. The third kappa shape index (κ3) is 2.76. The number of carbonyl (C=O) groups is 2. The number of phenols is 1. The molecule has 3 rings (SSSR count). The minimum atomic E-state index is -0.571. The normalized spacial score (nSPS) is 23.0. The van der Waals surface area contributed by atoms with E-state index < -0.39 is 6.04 Å². The Morgan fingerprint density at radius 3 is 2.70 bits per heavy atom. The fraction of sp³-hybridized carbons (Fsp3) is 0.412. The van der Waals surface area contributed by atoms with E-state index in [9.17, 15) is 14.7 Å². The quantitative estimate of drug-likeness (QED) is 0.782. The number of Topliss-reactive ketones (excluding diaryl/α,β-unsaturated/α-hetero) is 1. The molecule has 6 heteroatoms. The molecule has 1 heterocycles. The lowest BCUT2D eigenvalue weighted by atomic mass is 9.73. The molecule has 6 nitrogen and oxygen atoms in total. The molecule has 1 aliphatic heterocycles. The number of phenolic OH excluding ortho intramolecular Hbond substituents is 1. The van der Waals surface area contributed by atoms with Crippen LogP contribution in [0.1, 0.15) is 38.3 Å². The van der Waals surface area contributed by atoms with Gasteiger partial charge in [-0.1, -0.05) is 13.8 Å².